The first-order chi connectivity index (χ1) is 12.1. The minimum Gasteiger partial charge on any atom is -0.361 e. The molecule has 1 heterocycles. The SMILES string of the molecule is CC1=C(S(C)(=O)=O)C(c2ccc(Cl)c([N+](=O)[O-])c2)C2=C(CCCC2=O)N1. The Labute approximate surface area is 155 Å². The molecule has 1 aliphatic carbocycles. The van der Waals surface area contributed by atoms with Crippen molar-refractivity contribution in [3.8, 4) is 0 Å². The number of carbonyl (C=O) groups excluding carboxylic acids is 1. The third-order valence-electron chi connectivity index (χ3n) is 4.61. The van der Waals surface area contributed by atoms with E-state index >= 15 is 0 Å². The Bertz CT molecular complexity index is 994. The molecule has 26 heavy (non-hydrogen) atoms. The van der Waals surface area contributed by atoms with Gasteiger partial charge in [-0.3, -0.25) is 14.9 Å². The van der Waals surface area contributed by atoms with E-state index in [4.69, 9.17) is 11.6 Å². The van der Waals surface area contributed by atoms with Crippen molar-refractivity contribution >= 4 is 32.9 Å². The molecule has 1 aromatic carbocycles. The van der Waals surface area contributed by atoms with Crippen molar-refractivity contribution < 1.29 is 18.1 Å². The van der Waals surface area contributed by atoms with Gasteiger partial charge in [-0.25, -0.2) is 8.42 Å². The summed E-state index contributed by atoms with van der Waals surface area (Å²) in [5.41, 5.74) is 1.54. The number of allylic oxidation sites excluding steroid dienone is 4. The predicted octanol–water partition coefficient (Wildman–Crippen LogP) is 3.22. The maximum Gasteiger partial charge on any atom is 0.288 e. The summed E-state index contributed by atoms with van der Waals surface area (Å²) in [4.78, 5) is 23.3. The van der Waals surface area contributed by atoms with Gasteiger partial charge >= 0.3 is 0 Å². The molecule has 2 aliphatic rings. The van der Waals surface area contributed by atoms with Crippen molar-refractivity contribution in [2.75, 3.05) is 6.26 Å². The summed E-state index contributed by atoms with van der Waals surface area (Å²) < 4.78 is 24.9. The number of nitrogens with one attached hydrogen (secondary N) is 1. The third-order valence-corrected chi connectivity index (χ3v) is 6.28. The highest BCUT2D eigenvalue weighted by Crippen LogP contribution is 2.45. The molecule has 0 spiro atoms. The molecule has 138 valence electrons. The average Bonchev–Trinajstić information content (AvgIpc) is 2.52. The van der Waals surface area contributed by atoms with Crippen molar-refractivity contribution in [2.45, 2.75) is 32.1 Å². The molecule has 1 aliphatic heterocycles. The number of hydrogen-bond donors (Lipinski definition) is 1. The van der Waals surface area contributed by atoms with E-state index < -0.39 is 20.7 Å². The van der Waals surface area contributed by atoms with Gasteiger partial charge in [0.1, 0.15) is 5.02 Å². The Hall–Kier alpha value is -2.19. The van der Waals surface area contributed by atoms with Crippen LogP contribution in [0.15, 0.2) is 40.1 Å². The Morgan fingerprint density at radius 2 is 2.00 bits per heavy atom. The molecule has 0 saturated carbocycles. The van der Waals surface area contributed by atoms with Gasteiger partial charge in [0, 0.05) is 35.7 Å². The molecule has 1 aromatic rings. The molecule has 0 bridgehead atoms. The van der Waals surface area contributed by atoms with E-state index in [0.717, 1.165) is 6.26 Å². The summed E-state index contributed by atoms with van der Waals surface area (Å²) in [7, 11) is -3.66. The summed E-state index contributed by atoms with van der Waals surface area (Å²) >= 11 is 5.89. The fourth-order valence-electron chi connectivity index (χ4n) is 3.62. The molecule has 0 saturated heterocycles. The lowest BCUT2D eigenvalue weighted by Crippen LogP contribution is -2.33. The lowest BCUT2D eigenvalue weighted by molar-refractivity contribution is -0.384. The molecular formula is C17H17ClN2O5S. The molecule has 1 N–H and O–H groups in total. The number of Topliss-reactive ketones (excluding diaryl/α,β-unsaturated/α-hetero) is 1. The summed E-state index contributed by atoms with van der Waals surface area (Å²) in [5, 5.41) is 14.3. The first-order valence-corrected chi connectivity index (χ1v) is 10.3. The number of rotatable bonds is 3. The lowest BCUT2D eigenvalue weighted by atomic mass is 9.79. The zero-order valence-electron chi connectivity index (χ0n) is 14.2. The van der Waals surface area contributed by atoms with E-state index in [1.165, 1.54) is 18.2 Å². The van der Waals surface area contributed by atoms with Crippen LogP contribution in [0.5, 0.6) is 0 Å². The van der Waals surface area contributed by atoms with Crippen LogP contribution in [0.25, 0.3) is 0 Å². The van der Waals surface area contributed by atoms with Crippen LogP contribution >= 0.6 is 11.6 Å². The van der Waals surface area contributed by atoms with Gasteiger partial charge in [-0.05, 0) is 31.4 Å². The zero-order valence-corrected chi connectivity index (χ0v) is 15.8. The van der Waals surface area contributed by atoms with Crippen molar-refractivity contribution in [1.29, 1.82) is 0 Å². The van der Waals surface area contributed by atoms with Crippen LogP contribution in [0, 0.1) is 10.1 Å². The van der Waals surface area contributed by atoms with Gasteiger partial charge < -0.3 is 5.32 Å². The Balaban J connectivity index is 2.29. The van der Waals surface area contributed by atoms with E-state index in [1.54, 1.807) is 6.92 Å². The van der Waals surface area contributed by atoms with Gasteiger partial charge in [-0.2, -0.15) is 0 Å². The topological polar surface area (TPSA) is 106 Å². The summed E-state index contributed by atoms with van der Waals surface area (Å²) in [6, 6.07) is 4.15. The number of nitro benzene ring substituents is 1. The zero-order chi connectivity index (χ0) is 19.2. The Kier molecular flexibility index (Phi) is 4.66. The molecule has 0 amide bonds. The van der Waals surface area contributed by atoms with Crippen LogP contribution in [-0.4, -0.2) is 25.4 Å². The number of dihydropyridines is 1. The van der Waals surface area contributed by atoms with Crippen LogP contribution in [0.4, 0.5) is 5.69 Å². The fraction of sp³-hybridized carbons (Fsp3) is 0.353. The summed E-state index contributed by atoms with van der Waals surface area (Å²) in [6.45, 7) is 1.64. The minimum absolute atomic E-state index is 0.0431. The van der Waals surface area contributed by atoms with E-state index in [0.29, 0.717) is 41.8 Å². The molecule has 0 radical (unpaired) electrons. The number of sulfone groups is 1. The quantitative estimate of drug-likeness (QED) is 0.621. The van der Waals surface area contributed by atoms with Gasteiger partial charge in [-0.1, -0.05) is 17.7 Å². The number of nitro groups is 1. The number of hydrogen-bond acceptors (Lipinski definition) is 6. The van der Waals surface area contributed by atoms with Crippen LogP contribution in [0.3, 0.4) is 0 Å². The Morgan fingerprint density at radius 1 is 1.31 bits per heavy atom. The van der Waals surface area contributed by atoms with E-state index in [1.807, 2.05) is 0 Å². The van der Waals surface area contributed by atoms with Crippen molar-refractivity contribution in [2.24, 2.45) is 0 Å². The smallest absolute Gasteiger partial charge is 0.288 e. The molecular weight excluding hydrogens is 380 g/mol. The molecule has 9 heteroatoms. The van der Waals surface area contributed by atoms with Crippen LogP contribution in [0.1, 0.15) is 37.7 Å². The summed E-state index contributed by atoms with van der Waals surface area (Å²) in [6.07, 6.45) is 2.70. The van der Waals surface area contributed by atoms with Gasteiger partial charge in [0.05, 0.1) is 15.7 Å². The number of nitrogens with zero attached hydrogens (tertiary/aromatic N) is 1. The fourth-order valence-corrected chi connectivity index (χ4v) is 5.10. The van der Waals surface area contributed by atoms with Crippen molar-refractivity contribution in [3.05, 3.63) is 60.8 Å². The number of halogens is 1. The largest absolute Gasteiger partial charge is 0.361 e. The predicted molar refractivity (Wildman–Crippen MR) is 97.4 cm³/mol. The minimum atomic E-state index is -3.66. The Morgan fingerprint density at radius 3 is 2.62 bits per heavy atom. The van der Waals surface area contributed by atoms with E-state index in [-0.39, 0.29) is 21.4 Å². The molecule has 0 fully saturated rings. The molecule has 1 unspecified atom stereocenters. The molecule has 0 aromatic heterocycles. The van der Waals surface area contributed by atoms with Gasteiger partial charge in [0.25, 0.3) is 5.69 Å². The third kappa shape index (κ3) is 3.14. The van der Waals surface area contributed by atoms with Crippen LogP contribution in [-0.2, 0) is 14.6 Å². The number of carbonyl (C=O) groups is 1. The van der Waals surface area contributed by atoms with E-state index in [9.17, 15) is 23.3 Å². The first-order valence-electron chi connectivity index (χ1n) is 7.99. The average molecular weight is 397 g/mol. The van der Waals surface area contributed by atoms with Gasteiger partial charge in [-0.15, -0.1) is 0 Å². The highest BCUT2D eigenvalue weighted by molar-refractivity contribution is 7.94. The second-order valence-electron chi connectivity index (χ2n) is 6.46. The highest BCUT2D eigenvalue weighted by atomic mass is 35.5. The van der Waals surface area contributed by atoms with Crippen molar-refractivity contribution in [1.82, 2.24) is 5.32 Å². The van der Waals surface area contributed by atoms with Crippen LogP contribution < -0.4 is 5.32 Å². The van der Waals surface area contributed by atoms with Gasteiger partial charge in [0.15, 0.2) is 15.6 Å². The maximum atomic E-state index is 12.6. The summed E-state index contributed by atoms with van der Waals surface area (Å²) in [5.74, 6) is -1.01. The second-order valence-corrected chi connectivity index (χ2v) is 8.85. The lowest BCUT2D eigenvalue weighted by Gasteiger charge is -2.34. The van der Waals surface area contributed by atoms with E-state index in [2.05, 4.69) is 5.32 Å². The number of benzene rings is 1. The normalized spacial score (nSPS) is 20.7. The highest BCUT2D eigenvalue weighted by Gasteiger charge is 2.40. The monoisotopic (exact) mass is 396 g/mol. The van der Waals surface area contributed by atoms with Gasteiger partial charge in [0.2, 0.25) is 0 Å². The first kappa shape index (κ1) is 18.6. The van der Waals surface area contributed by atoms with Crippen LogP contribution in [0.2, 0.25) is 5.02 Å². The molecule has 1 atom stereocenters. The molecule has 3 rings (SSSR count). The second kappa shape index (κ2) is 6.51. The standard InChI is InChI=1S/C17H17ClN2O5S/c1-9-17(26(2,24)25)15(16-12(19-9)4-3-5-14(16)21)10-6-7-11(18)13(8-10)20(22)23/h6-8,15,19H,3-5H2,1-2H3. The molecule has 7 nitrogen and oxygen atoms in total. The number of ketones is 1. The van der Waals surface area contributed by atoms with Crippen molar-refractivity contribution in [3.63, 3.8) is 0 Å². The maximum absolute atomic E-state index is 12.6.